The van der Waals surface area contributed by atoms with Crippen molar-refractivity contribution in [2.45, 2.75) is 44.0 Å². The van der Waals surface area contributed by atoms with Crippen LogP contribution >= 0.6 is 0 Å². The molecule has 0 radical (unpaired) electrons. The first-order chi connectivity index (χ1) is 13.0. The fourth-order valence-electron chi connectivity index (χ4n) is 3.75. The number of halogens is 2. The molecule has 1 saturated heterocycles. The van der Waals surface area contributed by atoms with Gasteiger partial charge in [0.05, 0.1) is 18.2 Å². The predicted octanol–water partition coefficient (Wildman–Crippen LogP) is 3.38. The summed E-state index contributed by atoms with van der Waals surface area (Å²) in [5, 5.41) is 8.80. The molecule has 0 bridgehead atoms. The molecule has 4 rings (SSSR count). The number of hydrogen-bond acceptors (Lipinski definition) is 4. The van der Waals surface area contributed by atoms with Crippen LogP contribution in [0.3, 0.4) is 0 Å². The van der Waals surface area contributed by atoms with E-state index >= 15 is 0 Å². The third kappa shape index (κ3) is 3.88. The van der Waals surface area contributed by atoms with E-state index in [9.17, 15) is 13.6 Å². The van der Waals surface area contributed by atoms with Crippen LogP contribution < -0.4 is 4.74 Å². The average molecular weight is 376 g/mol. The molecule has 2 atom stereocenters. The van der Waals surface area contributed by atoms with Crippen molar-refractivity contribution in [1.82, 2.24) is 9.88 Å². The number of rotatable bonds is 6. The maximum Gasteiger partial charge on any atom is 0.303 e. The predicted molar refractivity (Wildman–Crippen MR) is 95.7 cm³/mol. The minimum absolute atomic E-state index is 0.0320. The molecule has 7 heteroatoms. The van der Waals surface area contributed by atoms with Crippen LogP contribution in [0.1, 0.15) is 31.4 Å². The van der Waals surface area contributed by atoms with Gasteiger partial charge in [0.2, 0.25) is 5.88 Å². The Hall–Kier alpha value is -2.28. The van der Waals surface area contributed by atoms with E-state index in [1.54, 1.807) is 23.1 Å². The Morgan fingerprint density at radius 3 is 2.74 bits per heavy atom. The van der Waals surface area contributed by atoms with Crippen molar-refractivity contribution in [3.8, 4) is 5.88 Å². The third-order valence-corrected chi connectivity index (χ3v) is 5.42. The van der Waals surface area contributed by atoms with Gasteiger partial charge in [-0.15, -0.1) is 0 Å². The van der Waals surface area contributed by atoms with Crippen LogP contribution in [0.25, 0.3) is 5.57 Å². The molecule has 0 aromatic carbocycles. The summed E-state index contributed by atoms with van der Waals surface area (Å²) in [5.41, 5.74) is 0.883. The van der Waals surface area contributed by atoms with Gasteiger partial charge in [-0.1, -0.05) is 6.07 Å². The van der Waals surface area contributed by atoms with E-state index in [0.717, 1.165) is 19.3 Å². The van der Waals surface area contributed by atoms with Gasteiger partial charge in [0.25, 0.3) is 0 Å². The Morgan fingerprint density at radius 2 is 2.11 bits per heavy atom. The first-order valence-electron chi connectivity index (χ1n) is 9.32. The van der Waals surface area contributed by atoms with Gasteiger partial charge in [-0.3, -0.25) is 9.69 Å². The first-order valence-corrected chi connectivity index (χ1v) is 9.32. The van der Waals surface area contributed by atoms with Crippen molar-refractivity contribution in [2.75, 3.05) is 13.1 Å². The number of aromatic nitrogens is 1. The molecule has 3 aliphatic rings. The highest BCUT2D eigenvalue weighted by Gasteiger charge is 2.40. The molecule has 1 N–H and O–H groups in total. The third-order valence-electron chi connectivity index (χ3n) is 5.42. The number of carbonyl (C=O) groups is 1. The molecule has 1 aromatic heterocycles. The van der Waals surface area contributed by atoms with Crippen molar-refractivity contribution < 1.29 is 23.4 Å². The van der Waals surface area contributed by atoms with Gasteiger partial charge in [-0.05, 0) is 43.4 Å². The summed E-state index contributed by atoms with van der Waals surface area (Å²) in [6.07, 6.45) is 4.58. The highest BCUT2D eigenvalue weighted by atomic mass is 19.1. The first kappa shape index (κ1) is 18.1. The number of alkyl halides is 1. The van der Waals surface area contributed by atoms with Gasteiger partial charge in [-0.2, -0.15) is 0 Å². The molecular formula is C20H22F2N2O3. The van der Waals surface area contributed by atoms with Crippen LogP contribution in [0, 0.1) is 5.92 Å². The van der Waals surface area contributed by atoms with Crippen LogP contribution in [0.15, 0.2) is 36.2 Å². The molecular weight excluding hydrogens is 354 g/mol. The maximum absolute atomic E-state index is 14.7. The van der Waals surface area contributed by atoms with Gasteiger partial charge in [0.1, 0.15) is 18.1 Å². The minimum Gasteiger partial charge on any atom is -0.481 e. The minimum atomic E-state index is -1.51. The molecule has 27 heavy (non-hydrogen) atoms. The number of carboxylic acids is 1. The number of aliphatic carboxylic acids is 1. The van der Waals surface area contributed by atoms with E-state index in [1.807, 2.05) is 0 Å². The molecule has 2 heterocycles. The molecule has 0 amide bonds. The van der Waals surface area contributed by atoms with E-state index in [2.05, 4.69) is 4.98 Å². The summed E-state index contributed by atoms with van der Waals surface area (Å²) in [7, 11) is 0. The number of hydrogen-bond donors (Lipinski definition) is 1. The summed E-state index contributed by atoms with van der Waals surface area (Å²) >= 11 is 0. The number of pyridine rings is 1. The van der Waals surface area contributed by atoms with E-state index in [0.29, 0.717) is 30.2 Å². The van der Waals surface area contributed by atoms with Crippen molar-refractivity contribution in [2.24, 2.45) is 5.92 Å². The van der Waals surface area contributed by atoms with Crippen molar-refractivity contribution in [3.63, 3.8) is 0 Å². The highest BCUT2D eigenvalue weighted by Crippen LogP contribution is 2.35. The topological polar surface area (TPSA) is 62.7 Å². The lowest BCUT2D eigenvalue weighted by Gasteiger charge is -2.44. The molecule has 144 valence electrons. The summed E-state index contributed by atoms with van der Waals surface area (Å²) in [6, 6.07) is 4.26. The number of likely N-dealkylation sites (tertiary alicyclic amines) is 1. The zero-order valence-corrected chi connectivity index (χ0v) is 14.9. The number of nitrogens with zero attached hydrogens (tertiary/aromatic N) is 2. The van der Waals surface area contributed by atoms with Gasteiger partial charge in [-0.25, -0.2) is 13.8 Å². The second kappa shape index (κ2) is 7.38. The van der Waals surface area contributed by atoms with Crippen LogP contribution in [0.4, 0.5) is 8.78 Å². The molecule has 1 aliphatic heterocycles. The van der Waals surface area contributed by atoms with Crippen molar-refractivity contribution in [1.29, 1.82) is 0 Å². The Kier molecular flexibility index (Phi) is 4.95. The van der Waals surface area contributed by atoms with E-state index in [4.69, 9.17) is 9.84 Å². The number of ether oxygens (including phenoxy) is 1. The smallest absolute Gasteiger partial charge is 0.303 e. The van der Waals surface area contributed by atoms with Gasteiger partial charge >= 0.3 is 5.97 Å². The summed E-state index contributed by atoms with van der Waals surface area (Å²) in [5.74, 6) is -1.01. The second-order valence-corrected chi connectivity index (χ2v) is 7.49. The highest BCUT2D eigenvalue weighted by molar-refractivity contribution is 5.74. The molecule has 5 nitrogen and oxygen atoms in total. The van der Waals surface area contributed by atoms with E-state index in [1.165, 1.54) is 12.2 Å². The summed E-state index contributed by atoms with van der Waals surface area (Å²) in [6.45, 7) is 0.787. The Labute approximate surface area is 156 Å². The molecule has 1 aromatic rings. The Balaban J connectivity index is 1.44. The normalized spacial score (nSPS) is 26.6. The van der Waals surface area contributed by atoms with Crippen molar-refractivity contribution in [3.05, 3.63) is 41.9 Å². The Bertz CT molecular complexity index is 785. The summed E-state index contributed by atoms with van der Waals surface area (Å²) in [4.78, 5) is 16.8. The number of carboxylic acid groups (broad SMARTS) is 1. The van der Waals surface area contributed by atoms with Gasteiger partial charge in [0.15, 0.2) is 0 Å². The molecule has 2 aliphatic carbocycles. The van der Waals surface area contributed by atoms with E-state index in [-0.39, 0.29) is 18.4 Å². The number of allylic oxidation sites excluding steroid dienone is 2. The zero-order chi connectivity index (χ0) is 19.0. The van der Waals surface area contributed by atoms with Crippen LogP contribution in [-0.2, 0) is 4.79 Å². The monoisotopic (exact) mass is 376 g/mol. The van der Waals surface area contributed by atoms with Crippen LogP contribution in [-0.4, -0.2) is 52.4 Å². The molecule has 0 spiro atoms. The second-order valence-electron chi connectivity index (χ2n) is 7.49. The lowest BCUT2D eigenvalue weighted by atomic mass is 9.89. The summed E-state index contributed by atoms with van der Waals surface area (Å²) < 4.78 is 35.1. The van der Waals surface area contributed by atoms with Crippen molar-refractivity contribution >= 4 is 11.5 Å². The SMILES string of the molecule is O=C(O)CC1CN(C2C(F)=CC(c3cccc(OC4CCC4)n3)=CC2F)C1. The molecule has 2 fully saturated rings. The molecule has 1 saturated carbocycles. The largest absolute Gasteiger partial charge is 0.481 e. The van der Waals surface area contributed by atoms with E-state index < -0.39 is 24.0 Å². The fourth-order valence-corrected chi connectivity index (χ4v) is 3.75. The molecule has 2 unspecified atom stereocenters. The standard InChI is InChI=1S/C20H22F2N2O3/c21-15-8-13(17-5-2-6-18(23-17)27-14-3-1-4-14)9-16(22)20(15)24-10-12(11-24)7-19(25)26/h2,5-6,8-9,12,14-15,20H,1,3-4,7,10-11H2,(H,25,26). The zero-order valence-electron chi connectivity index (χ0n) is 14.9. The lowest BCUT2D eigenvalue weighted by molar-refractivity contribution is -0.139. The lowest BCUT2D eigenvalue weighted by Crippen LogP contribution is -2.56. The Morgan fingerprint density at radius 1 is 1.33 bits per heavy atom. The quantitative estimate of drug-likeness (QED) is 0.825. The van der Waals surface area contributed by atoms with Gasteiger partial charge < -0.3 is 9.84 Å². The average Bonchev–Trinajstić information content (AvgIpc) is 2.55. The fraction of sp³-hybridized carbons (Fsp3) is 0.500. The van der Waals surface area contributed by atoms with Crippen LogP contribution in [0.5, 0.6) is 5.88 Å². The maximum atomic E-state index is 14.7. The van der Waals surface area contributed by atoms with Gasteiger partial charge in [0, 0.05) is 24.7 Å². The van der Waals surface area contributed by atoms with Crippen LogP contribution in [0.2, 0.25) is 0 Å².